The van der Waals surface area contributed by atoms with Crippen LogP contribution in [0, 0.1) is 0 Å². The van der Waals surface area contributed by atoms with Gasteiger partial charge >= 0.3 is 0 Å². The minimum atomic E-state index is 0.113. The van der Waals surface area contributed by atoms with Gasteiger partial charge in [0.15, 0.2) is 11.5 Å². The number of nitrogens with zero attached hydrogens (tertiary/aromatic N) is 1. The van der Waals surface area contributed by atoms with E-state index < -0.39 is 0 Å². The number of phenolic OH excluding ortho intramolecular Hbond substituents is 1. The maximum Gasteiger partial charge on any atom is 0.166 e. The molecule has 0 bridgehead atoms. The number of rotatable bonds is 5. The zero-order valence-electron chi connectivity index (χ0n) is 11.2. The molecule has 0 atom stereocenters. The Bertz CT molecular complexity index is 611. The molecule has 0 saturated heterocycles. The van der Waals surface area contributed by atoms with Gasteiger partial charge in [-0.15, -0.1) is 0 Å². The van der Waals surface area contributed by atoms with Crippen molar-refractivity contribution in [1.29, 1.82) is 0 Å². The largest absolute Gasteiger partial charge is 0.504 e. The summed E-state index contributed by atoms with van der Waals surface area (Å²) in [6.45, 7) is 0.636. The minimum absolute atomic E-state index is 0.113. The number of aromatic hydroxyl groups is 1. The maximum absolute atomic E-state index is 9.91. The van der Waals surface area contributed by atoms with Gasteiger partial charge in [0.05, 0.1) is 7.11 Å². The minimum Gasteiger partial charge on any atom is -0.504 e. The second-order valence-corrected chi connectivity index (χ2v) is 4.75. The van der Waals surface area contributed by atoms with Crippen LogP contribution in [-0.2, 0) is 6.42 Å². The highest BCUT2D eigenvalue weighted by Crippen LogP contribution is 2.27. The van der Waals surface area contributed by atoms with Crippen molar-refractivity contribution >= 4 is 17.8 Å². The van der Waals surface area contributed by atoms with Crippen molar-refractivity contribution in [2.75, 3.05) is 13.7 Å². The van der Waals surface area contributed by atoms with Crippen molar-refractivity contribution in [3.05, 3.63) is 58.6 Å². The smallest absolute Gasteiger partial charge is 0.166 e. The Kier molecular flexibility index (Phi) is 5.02. The summed E-state index contributed by atoms with van der Waals surface area (Å²) in [4.78, 5) is 4.32. The maximum atomic E-state index is 9.91. The summed E-state index contributed by atoms with van der Waals surface area (Å²) in [7, 11) is 1.52. The van der Waals surface area contributed by atoms with E-state index in [4.69, 9.17) is 16.3 Å². The molecular weight excluding hydrogens is 274 g/mol. The van der Waals surface area contributed by atoms with Crippen molar-refractivity contribution < 1.29 is 9.84 Å². The van der Waals surface area contributed by atoms with Gasteiger partial charge in [-0.2, -0.15) is 0 Å². The van der Waals surface area contributed by atoms with Crippen LogP contribution in [0.5, 0.6) is 11.5 Å². The fourth-order valence-corrected chi connectivity index (χ4v) is 2.07. The highest BCUT2D eigenvalue weighted by Gasteiger charge is 2.04. The fraction of sp³-hybridized carbons (Fsp3) is 0.188. The van der Waals surface area contributed by atoms with Gasteiger partial charge < -0.3 is 9.84 Å². The molecule has 0 aliphatic carbocycles. The van der Waals surface area contributed by atoms with Crippen LogP contribution in [0.1, 0.15) is 11.1 Å². The van der Waals surface area contributed by atoms with E-state index in [0.29, 0.717) is 17.9 Å². The van der Waals surface area contributed by atoms with E-state index in [1.54, 1.807) is 18.3 Å². The lowest BCUT2D eigenvalue weighted by Crippen LogP contribution is -1.92. The van der Waals surface area contributed by atoms with Crippen molar-refractivity contribution in [2.24, 2.45) is 4.99 Å². The first-order valence-corrected chi connectivity index (χ1v) is 6.68. The van der Waals surface area contributed by atoms with Crippen molar-refractivity contribution in [3.8, 4) is 11.5 Å². The van der Waals surface area contributed by atoms with E-state index >= 15 is 0 Å². The Hall–Kier alpha value is -2.00. The summed E-state index contributed by atoms with van der Waals surface area (Å²) >= 11 is 5.92. The summed E-state index contributed by atoms with van der Waals surface area (Å²) in [6, 6.07) is 13.0. The number of para-hydroxylation sites is 1. The number of benzene rings is 2. The molecule has 3 nitrogen and oxygen atoms in total. The number of phenols is 1. The van der Waals surface area contributed by atoms with E-state index in [0.717, 1.165) is 17.0 Å². The topological polar surface area (TPSA) is 41.8 Å². The Morgan fingerprint density at radius 2 is 2.05 bits per heavy atom. The highest BCUT2D eigenvalue weighted by molar-refractivity contribution is 6.30. The second kappa shape index (κ2) is 6.96. The molecule has 0 fully saturated rings. The first kappa shape index (κ1) is 14.4. The number of hydrogen-bond donors (Lipinski definition) is 1. The summed E-state index contributed by atoms with van der Waals surface area (Å²) < 4.78 is 5.05. The zero-order chi connectivity index (χ0) is 14.4. The SMILES string of the molecule is COc1cccc(C=NCCc2cccc(Cl)c2)c1O. The quantitative estimate of drug-likeness (QED) is 0.853. The Balaban J connectivity index is 1.97. The van der Waals surface area contributed by atoms with Crippen LogP contribution in [0.15, 0.2) is 47.5 Å². The van der Waals surface area contributed by atoms with Crippen LogP contribution >= 0.6 is 11.6 Å². The van der Waals surface area contributed by atoms with E-state index in [2.05, 4.69) is 4.99 Å². The lowest BCUT2D eigenvalue weighted by Gasteiger charge is -2.04. The molecule has 0 amide bonds. The van der Waals surface area contributed by atoms with Gasteiger partial charge in [0.2, 0.25) is 0 Å². The Labute approximate surface area is 123 Å². The molecule has 0 aliphatic heterocycles. The van der Waals surface area contributed by atoms with Crippen molar-refractivity contribution in [2.45, 2.75) is 6.42 Å². The zero-order valence-corrected chi connectivity index (χ0v) is 12.0. The Morgan fingerprint density at radius 3 is 2.80 bits per heavy atom. The average Bonchev–Trinajstić information content (AvgIpc) is 2.45. The third-order valence-electron chi connectivity index (χ3n) is 2.90. The van der Waals surface area contributed by atoms with Crippen molar-refractivity contribution in [3.63, 3.8) is 0 Å². The first-order chi connectivity index (χ1) is 9.70. The Morgan fingerprint density at radius 1 is 1.25 bits per heavy atom. The number of ether oxygens (including phenoxy) is 1. The van der Waals surface area contributed by atoms with Crippen LogP contribution in [0.2, 0.25) is 5.02 Å². The number of halogens is 1. The highest BCUT2D eigenvalue weighted by atomic mass is 35.5. The van der Waals surface area contributed by atoms with Crippen LogP contribution in [0.25, 0.3) is 0 Å². The van der Waals surface area contributed by atoms with Crippen LogP contribution in [0.3, 0.4) is 0 Å². The molecule has 0 spiro atoms. The molecule has 0 radical (unpaired) electrons. The molecule has 104 valence electrons. The fourth-order valence-electron chi connectivity index (χ4n) is 1.86. The predicted octanol–water partition coefficient (Wildman–Crippen LogP) is 3.72. The molecule has 0 aliphatic rings. The summed E-state index contributed by atoms with van der Waals surface area (Å²) in [6.07, 6.45) is 2.46. The van der Waals surface area contributed by atoms with Gasteiger partial charge in [0.1, 0.15) is 0 Å². The lowest BCUT2D eigenvalue weighted by atomic mass is 10.1. The van der Waals surface area contributed by atoms with Crippen molar-refractivity contribution in [1.82, 2.24) is 0 Å². The molecule has 1 N–H and O–H groups in total. The predicted molar refractivity (Wildman–Crippen MR) is 82.3 cm³/mol. The van der Waals surface area contributed by atoms with E-state index in [-0.39, 0.29) is 5.75 Å². The third kappa shape index (κ3) is 3.75. The monoisotopic (exact) mass is 289 g/mol. The van der Waals surface area contributed by atoms with E-state index in [9.17, 15) is 5.11 Å². The molecule has 0 unspecified atom stereocenters. The second-order valence-electron chi connectivity index (χ2n) is 4.31. The molecular formula is C16H16ClNO2. The summed E-state index contributed by atoms with van der Waals surface area (Å²) in [5, 5.41) is 10.6. The van der Waals surface area contributed by atoms with Crippen LogP contribution < -0.4 is 4.74 Å². The van der Waals surface area contributed by atoms with Gasteiger partial charge in [-0.05, 0) is 36.2 Å². The molecule has 0 aromatic heterocycles. The molecule has 0 heterocycles. The number of methoxy groups -OCH3 is 1. The van der Waals surface area contributed by atoms with Crippen LogP contribution in [-0.4, -0.2) is 25.0 Å². The summed E-state index contributed by atoms with van der Waals surface area (Å²) in [5.74, 6) is 0.560. The molecule has 4 heteroatoms. The first-order valence-electron chi connectivity index (χ1n) is 6.31. The van der Waals surface area contributed by atoms with Gasteiger partial charge in [0.25, 0.3) is 0 Å². The van der Waals surface area contributed by atoms with Crippen LogP contribution in [0.4, 0.5) is 0 Å². The molecule has 2 rings (SSSR count). The van der Waals surface area contributed by atoms with E-state index in [1.165, 1.54) is 7.11 Å². The van der Waals surface area contributed by atoms with Gasteiger partial charge in [-0.25, -0.2) is 0 Å². The molecule has 0 saturated carbocycles. The van der Waals surface area contributed by atoms with E-state index in [1.807, 2.05) is 30.3 Å². The van der Waals surface area contributed by atoms with Gasteiger partial charge in [-0.3, -0.25) is 4.99 Å². The lowest BCUT2D eigenvalue weighted by molar-refractivity contribution is 0.373. The average molecular weight is 290 g/mol. The van der Waals surface area contributed by atoms with Gasteiger partial charge in [-0.1, -0.05) is 29.8 Å². The third-order valence-corrected chi connectivity index (χ3v) is 3.13. The number of hydrogen-bond acceptors (Lipinski definition) is 3. The molecule has 20 heavy (non-hydrogen) atoms. The summed E-state index contributed by atoms with van der Waals surface area (Å²) in [5.41, 5.74) is 1.79. The normalized spacial score (nSPS) is 10.9. The standard InChI is InChI=1S/C16H16ClNO2/c1-20-15-7-3-5-13(16(15)19)11-18-9-8-12-4-2-6-14(17)10-12/h2-7,10-11,19H,8-9H2,1H3. The van der Waals surface area contributed by atoms with Gasteiger partial charge in [0, 0.05) is 23.3 Å². The molecule has 2 aromatic rings. The molecule has 2 aromatic carbocycles. The number of aliphatic imine (C=N–C) groups is 1.